The van der Waals surface area contributed by atoms with Gasteiger partial charge in [0.05, 0.1) is 11.6 Å². The fourth-order valence-electron chi connectivity index (χ4n) is 2.44. The molecule has 0 amide bonds. The molecule has 0 radical (unpaired) electrons. The molecule has 118 valence electrons. The molecule has 1 atom stereocenters. The number of nitrogens with one attached hydrogen (secondary N) is 1. The minimum absolute atomic E-state index is 0.0767. The van der Waals surface area contributed by atoms with E-state index in [1.165, 1.54) is 0 Å². The minimum Gasteiger partial charge on any atom is -0.489 e. The van der Waals surface area contributed by atoms with Gasteiger partial charge in [-0.3, -0.25) is 4.90 Å². The molecule has 0 aliphatic carbocycles. The third-order valence-corrected chi connectivity index (χ3v) is 4.04. The van der Waals surface area contributed by atoms with Crippen LogP contribution in [0.25, 0.3) is 0 Å². The molecule has 1 aromatic rings. The molecular formula is C15H22Cl2N2O2. The van der Waals surface area contributed by atoms with E-state index in [2.05, 4.69) is 17.1 Å². The predicted molar refractivity (Wildman–Crippen MR) is 86.6 cm³/mol. The van der Waals surface area contributed by atoms with Crippen molar-refractivity contribution in [2.45, 2.75) is 19.6 Å². The van der Waals surface area contributed by atoms with E-state index in [0.29, 0.717) is 28.9 Å². The van der Waals surface area contributed by atoms with Crippen LogP contribution < -0.4 is 10.1 Å². The van der Waals surface area contributed by atoms with E-state index in [1.807, 2.05) is 13.1 Å². The second-order valence-electron chi connectivity index (χ2n) is 5.10. The molecule has 4 nitrogen and oxygen atoms in total. The molecule has 1 unspecified atom stereocenters. The van der Waals surface area contributed by atoms with Crippen LogP contribution in [0.1, 0.15) is 12.5 Å². The van der Waals surface area contributed by atoms with Gasteiger partial charge in [-0.05, 0) is 25.7 Å². The van der Waals surface area contributed by atoms with E-state index in [1.54, 1.807) is 6.07 Å². The minimum atomic E-state index is 0.0767. The van der Waals surface area contributed by atoms with E-state index in [4.69, 9.17) is 32.7 Å². The van der Waals surface area contributed by atoms with E-state index in [0.717, 1.165) is 31.8 Å². The zero-order valence-corrected chi connectivity index (χ0v) is 14.0. The Morgan fingerprint density at radius 3 is 2.95 bits per heavy atom. The lowest BCUT2D eigenvalue weighted by molar-refractivity contribution is -0.0465. The topological polar surface area (TPSA) is 33.7 Å². The van der Waals surface area contributed by atoms with Crippen molar-refractivity contribution in [2.24, 2.45) is 0 Å². The maximum absolute atomic E-state index is 6.26. The number of hydrogen-bond acceptors (Lipinski definition) is 4. The lowest BCUT2D eigenvalue weighted by atomic mass is 10.2. The summed E-state index contributed by atoms with van der Waals surface area (Å²) in [5.74, 6) is 0.688. The Labute approximate surface area is 136 Å². The fraction of sp³-hybridized carbons (Fsp3) is 0.600. The lowest BCUT2D eigenvalue weighted by Gasteiger charge is -2.32. The van der Waals surface area contributed by atoms with Gasteiger partial charge in [-0.2, -0.15) is 0 Å². The first-order chi connectivity index (χ1) is 10.1. The second-order valence-corrected chi connectivity index (χ2v) is 5.95. The van der Waals surface area contributed by atoms with Crippen LogP contribution in [0.5, 0.6) is 5.75 Å². The molecule has 1 saturated heterocycles. The Balaban J connectivity index is 2.02. The van der Waals surface area contributed by atoms with Gasteiger partial charge >= 0.3 is 0 Å². The fourth-order valence-corrected chi connectivity index (χ4v) is 3.03. The van der Waals surface area contributed by atoms with Crippen LogP contribution in [0, 0.1) is 0 Å². The van der Waals surface area contributed by atoms with Crippen LogP contribution in [-0.2, 0) is 11.3 Å². The van der Waals surface area contributed by atoms with Crippen LogP contribution >= 0.6 is 23.2 Å². The van der Waals surface area contributed by atoms with Crippen LogP contribution in [0.2, 0.25) is 10.0 Å². The van der Waals surface area contributed by atoms with Gasteiger partial charge < -0.3 is 14.8 Å². The summed E-state index contributed by atoms with van der Waals surface area (Å²) in [7, 11) is 1.88. The molecule has 1 heterocycles. The van der Waals surface area contributed by atoms with Crippen molar-refractivity contribution < 1.29 is 9.47 Å². The Morgan fingerprint density at radius 1 is 1.43 bits per heavy atom. The van der Waals surface area contributed by atoms with Crippen LogP contribution in [0.4, 0.5) is 0 Å². The molecule has 0 spiro atoms. The van der Waals surface area contributed by atoms with Crippen molar-refractivity contribution in [2.75, 3.05) is 39.9 Å². The van der Waals surface area contributed by atoms with Gasteiger partial charge in [-0.15, -0.1) is 0 Å². The zero-order valence-electron chi connectivity index (χ0n) is 12.5. The normalized spacial score (nSPS) is 19.7. The van der Waals surface area contributed by atoms with Crippen molar-refractivity contribution in [3.8, 4) is 5.75 Å². The number of hydrogen-bond donors (Lipinski definition) is 1. The smallest absolute Gasteiger partial charge is 0.142 e. The van der Waals surface area contributed by atoms with Crippen molar-refractivity contribution in [3.63, 3.8) is 0 Å². The summed E-state index contributed by atoms with van der Waals surface area (Å²) in [5, 5.41) is 4.25. The molecule has 1 aliphatic rings. The molecule has 21 heavy (non-hydrogen) atoms. The highest BCUT2D eigenvalue weighted by molar-refractivity contribution is 6.35. The molecule has 2 rings (SSSR count). The van der Waals surface area contributed by atoms with E-state index >= 15 is 0 Å². The van der Waals surface area contributed by atoms with Crippen molar-refractivity contribution in [3.05, 3.63) is 27.7 Å². The summed E-state index contributed by atoms with van der Waals surface area (Å²) in [5.41, 5.74) is 0.957. The van der Waals surface area contributed by atoms with Gasteiger partial charge in [0.1, 0.15) is 18.5 Å². The Morgan fingerprint density at radius 2 is 2.24 bits per heavy atom. The van der Waals surface area contributed by atoms with Crippen LogP contribution in [0.15, 0.2) is 12.1 Å². The Bertz CT molecular complexity index is 471. The average Bonchev–Trinajstić information content (AvgIpc) is 2.47. The largest absolute Gasteiger partial charge is 0.489 e. The standard InChI is InChI=1S/C15H22Cl2N2O2/c1-3-19-4-5-20-13(9-19)10-21-15-11(8-18-2)6-12(16)7-14(15)17/h6-7,13,18H,3-5,8-10H2,1-2H3. The molecule has 1 fully saturated rings. The van der Waals surface area contributed by atoms with Gasteiger partial charge in [0.2, 0.25) is 0 Å². The number of halogens is 2. The number of rotatable bonds is 6. The van der Waals surface area contributed by atoms with Gasteiger partial charge in [-0.25, -0.2) is 0 Å². The average molecular weight is 333 g/mol. The summed E-state index contributed by atoms with van der Waals surface area (Å²) >= 11 is 12.3. The highest BCUT2D eigenvalue weighted by Gasteiger charge is 2.21. The first-order valence-electron chi connectivity index (χ1n) is 7.23. The van der Waals surface area contributed by atoms with E-state index in [9.17, 15) is 0 Å². The SMILES string of the molecule is CCN1CCOC(COc2c(Cl)cc(Cl)cc2CNC)C1. The van der Waals surface area contributed by atoms with E-state index in [-0.39, 0.29) is 6.10 Å². The molecule has 1 N–H and O–H groups in total. The highest BCUT2D eigenvalue weighted by atomic mass is 35.5. The summed E-state index contributed by atoms with van der Waals surface area (Å²) in [6.07, 6.45) is 0.0767. The lowest BCUT2D eigenvalue weighted by Crippen LogP contribution is -2.44. The third kappa shape index (κ3) is 4.73. The van der Waals surface area contributed by atoms with Crippen molar-refractivity contribution >= 4 is 23.2 Å². The third-order valence-electron chi connectivity index (χ3n) is 3.54. The van der Waals surface area contributed by atoms with Crippen molar-refractivity contribution in [1.82, 2.24) is 10.2 Å². The van der Waals surface area contributed by atoms with Crippen molar-refractivity contribution in [1.29, 1.82) is 0 Å². The number of nitrogens with zero attached hydrogens (tertiary/aromatic N) is 1. The monoisotopic (exact) mass is 332 g/mol. The molecule has 0 aromatic heterocycles. The number of morpholine rings is 1. The van der Waals surface area contributed by atoms with Crippen LogP contribution in [-0.4, -0.2) is 50.9 Å². The molecule has 1 aromatic carbocycles. The molecule has 0 saturated carbocycles. The predicted octanol–water partition coefficient (Wildman–Crippen LogP) is 2.81. The Kier molecular flexibility index (Phi) is 6.58. The van der Waals surface area contributed by atoms with Gasteiger partial charge in [-0.1, -0.05) is 30.1 Å². The first-order valence-corrected chi connectivity index (χ1v) is 7.99. The quantitative estimate of drug-likeness (QED) is 0.868. The first kappa shape index (κ1) is 16.8. The molecule has 6 heteroatoms. The molecule has 0 bridgehead atoms. The molecular weight excluding hydrogens is 311 g/mol. The highest BCUT2D eigenvalue weighted by Crippen LogP contribution is 2.32. The van der Waals surface area contributed by atoms with Gasteiger partial charge in [0.25, 0.3) is 0 Å². The molecule has 1 aliphatic heterocycles. The second kappa shape index (κ2) is 8.20. The van der Waals surface area contributed by atoms with Crippen LogP contribution in [0.3, 0.4) is 0 Å². The summed E-state index contributed by atoms with van der Waals surface area (Å²) in [6, 6.07) is 3.58. The Hall–Kier alpha value is -0.520. The summed E-state index contributed by atoms with van der Waals surface area (Å²) in [4.78, 5) is 2.36. The maximum Gasteiger partial charge on any atom is 0.142 e. The number of likely N-dealkylation sites (N-methyl/N-ethyl adjacent to an activating group) is 1. The number of benzene rings is 1. The van der Waals surface area contributed by atoms with Gasteiger partial charge in [0.15, 0.2) is 0 Å². The maximum atomic E-state index is 6.26. The van der Waals surface area contributed by atoms with E-state index < -0.39 is 0 Å². The zero-order chi connectivity index (χ0) is 15.2. The summed E-state index contributed by atoms with van der Waals surface area (Å²) in [6.45, 7) is 6.97. The number of ether oxygens (including phenoxy) is 2. The summed E-state index contributed by atoms with van der Waals surface area (Å²) < 4.78 is 11.7. The van der Waals surface area contributed by atoms with Gasteiger partial charge in [0, 0.05) is 30.2 Å².